The van der Waals surface area contributed by atoms with Crippen molar-refractivity contribution in [3.8, 4) is 11.5 Å². The molecular formula is C32H33Cl2NO11. The SMILES string of the molecule is COc1ccc(C(=O)O[C@H](C(=O)O)[C@@H](OC(=O)c2ccc(OC)cc2)C(=O)O)cc1.OCC[C@@]1(c2ccc(Cl)c(Cl)c2)CCNC1. The normalized spacial score (nSPS) is 16.6. The number of methoxy groups -OCH3 is 2. The summed E-state index contributed by atoms with van der Waals surface area (Å²) in [6, 6.07) is 16.7. The predicted molar refractivity (Wildman–Crippen MR) is 167 cm³/mol. The van der Waals surface area contributed by atoms with Crippen LogP contribution in [0.5, 0.6) is 11.5 Å². The van der Waals surface area contributed by atoms with E-state index in [0.29, 0.717) is 21.5 Å². The highest BCUT2D eigenvalue weighted by atomic mass is 35.5. The van der Waals surface area contributed by atoms with Gasteiger partial charge in [-0.1, -0.05) is 29.3 Å². The van der Waals surface area contributed by atoms with Gasteiger partial charge in [-0.2, -0.15) is 0 Å². The Hall–Kier alpha value is -4.36. The van der Waals surface area contributed by atoms with E-state index in [9.17, 15) is 34.5 Å². The van der Waals surface area contributed by atoms with Gasteiger partial charge in [-0.3, -0.25) is 0 Å². The van der Waals surface area contributed by atoms with Gasteiger partial charge < -0.3 is 39.6 Å². The molecule has 1 aliphatic rings. The van der Waals surface area contributed by atoms with Crippen LogP contribution in [0.1, 0.15) is 39.1 Å². The molecule has 46 heavy (non-hydrogen) atoms. The van der Waals surface area contributed by atoms with Gasteiger partial charge in [-0.15, -0.1) is 0 Å². The maximum atomic E-state index is 12.2. The fourth-order valence-electron chi connectivity index (χ4n) is 4.69. The van der Waals surface area contributed by atoms with Gasteiger partial charge in [0.05, 0.1) is 35.4 Å². The lowest BCUT2D eigenvalue weighted by atomic mass is 9.77. The number of carbonyl (C=O) groups excluding carboxylic acids is 2. The van der Waals surface area contributed by atoms with Crippen LogP contribution < -0.4 is 14.8 Å². The summed E-state index contributed by atoms with van der Waals surface area (Å²) in [6.07, 6.45) is -2.76. The number of carboxylic acids is 2. The predicted octanol–water partition coefficient (Wildman–Crippen LogP) is 4.23. The van der Waals surface area contributed by atoms with E-state index in [4.69, 9.17) is 42.1 Å². The molecular weight excluding hydrogens is 645 g/mol. The first-order valence-electron chi connectivity index (χ1n) is 13.9. The molecule has 1 aliphatic heterocycles. The molecule has 3 atom stereocenters. The van der Waals surface area contributed by atoms with E-state index < -0.39 is 36.1 Å². The number of esters is 2. The van der Waals surface area contributed by atoms with Crippen LogP contribution in [0.25, 0.3) is 0 Å². The Kier molecular flexibility index (Phi) is 13.2. The first-order valence-corrected chi connectivity index (χ1v) is 14.6. The zero-order chi connectivity index (χ0) is 33.9. The number of hydrogen-bond acceptors (Lipinski definition) is 10. The van der Waals surface area contributed by atoms with Crippen LogP contribution >= 0.6 is 23.2 Å². The Morgan fingerprint density at radius 1 is 0.783 bits per heavy atom. The van der Waals surface area contributed by atoms with E-state index in [1.165, 1.54) is 68.3 Å². The molecule has 0 amide bonds. The number of aliphatic carboxylic acids is 2. The van der Waals surface area contributed by atoms with E-state index >= 15 is 0 Å². The summed E-state index contributed by atoms with van der Waals surface area (Å²) in [4.78, 5) is 47.6. The average Bonchev–Trinajstić information content (AvgIpc) is 3.53. The number of aliphatic hydroxyl groups is 1. The van der Waals surface area contributed by atoms with Crippen molar-refractivity contribution in [3.05, 3.63) is 93.5 Å². The van der Waals surface area contributed by atoms with Crippen molar-refractivity contribution in [3.63, 3.8) is 0 Å². The minimum Gasteiger partial charge on any atom is -0.497 e. The Bertz CT molecular complexity index is 1430. The second-order valence-corrected chi connectivity index (χ2v) is 10.9. The molecule has 0 aliphatic carbocycles. The van der Waals surface area contributed by atoms with Crippen molar-refractivity contribution in [2.24, 2.45) is 0 Å². The maximum Gasteiger partial charge on any atom is 0.349 e. The molecule has 0 saturated carbocycles. The van der Waals surface area contributed by atoms with Crippen molar-refractivity contribution in [2.75, 3.05) is 33.9 Å². The third-order valence-corrected chi connectivity index (χ3v) is 7.99. The van der Waals surface area contributed by atoms with Crippen molar-refractivity contribution in [1.82, 2.24) is 5.32 Å². The Balaban J connectivity index is 0.000000300. The third-order valence-electron chi connectivity index (χ3n) is 7.25. The molecule has 246 valence electrons. The van der Waals surface area contributed by atoms with Crippen molar-refractivity contribution in [1.29, 1.82) is 0 Å². The topological polar surface area (TPSA) is 178 Å². The highest BCUT2D eigenvalue weighted by Crippen LogP contribution is 2.37. The van der Waals surface area contributed by atoms with Crippen molar-refractivity contribution >= 4 is 47.1 Å². The fraction of sp³-hybridized carbons (Fsp3) is 0.312. The third kappa shape index (κ3) is 9.33. The summed E-state index contributed by atoms with van der Waals surface area (Å²) >= 11 is 12.0. The largest absolute Gasteiger partial charge is 0.497 e. The number of carbonyl (C=O) groups is 4. The van der Waals surface area contributed by atoms with Gasteiger partial charge >= 0.3 is 23.9 Å². The molecule has 3 aromatic carbocycles. The molecule has 1 heterocycles. The van der Waals surface area contributed by atoms with Crippen LogP contribution in [0.15, 0.2) is 66.7 Å². The molecule has 0 radical (unpaired) electrons. The second kappa shape index (κ2) is 16.8. The standard InChI is InChI=1S/C20H18O10.C12H15Cl2NO/c1-27-13-7-3-11(4-8-13)19(25)29-15(17(21)22)16(18(23)24)30-20(26)12-5-9-14(28-2)10-6-12;13-10-2-1-9(7-11(10)14)12(4-6-16)3-5-15-8-12/h3-10,15-16H,1-2H3,(H,21,22)(H,23,24);1-2,7,15-16H,3-6,8H2/t15-,16+;12-/m.0/s1. The summed E-state index contributed by atoms with van der Waals surface area (Å²) in [5, 5.41) is 32.4. The van der Waals surface area contributed by atoms with Crippen LogP contribution in [-0.2, 0) is 24.5 Å². The van der Waals surface area contributed by atoms with Crippen LogP contribution in [0.3, 0.4) is 0 Å². The Morgan fingerprint density at radius 2 is 1.26 bits per heavy atom. The van der Waals surface area contributed by atoms with Gasteiger partial charge in [0.15, 0.2) is 0 Å². The van der Waals surface area contributed by atoms with Crippen molar-refractivity contribution < 1.29 is 53.4 Å². The molecule has 4 rings (SSSR count). The number of halogens is 2. The Morgan fingerprint density at radius 3 is 1.61 bits per heavy atom. The lowest BCUT2D eigenvalue weighted by molar-refractivity contribution is -0.166. The summed E-state index contributed by atoms with van der Waals surface area (Å²) < 4.78 is 19.5. The quantitative estimate of drug-likeness (QED) is 0.201. The summed E-state index contributed by atoms with van der Waals surface area (Å²) in [7, 11) is 2.84. The molecule has 0 unspecified atom stereocenters. The smallest absolute Gasteiger partial charge is 0.349 e. The van der Waals surface area contributed by atoms with Gasteiger partial charge in [0.25, 0.3) is 0 Å². The molecule has 1 fully saturated rings. The minimum atomic E-state index is -2.28. The molecule has 14 heteroatoms. The number of carboxylic acid groups (broad SMARTS) is 2. The van der Waals surface area contributed by atoms with E-state index in [2.05, 4.69) is 5.32 Å². The van der Waals surface area contributed by atoms with Crippen LogP contribution in [-0.4, -0.2) is 85.3 Å². The first-order chi connectivity index (χ1) is 21.9. The number of nitrogens with one attached hydrogen (secondary N) is 1. The first kappa shape index (κ1) is 36.1. The zero-order valence-electron chi connectivity index (χ0n) is 24.9. The highest BCUT2D eigenvalue weighted by molar-refractivity contribution is 6.42. The van der Waals surface area contributed by atoms with E-state index in [0.717, 1.165) is 25.9 Å². The van der Waals surface area contributed by atoms with Crippen LogP contribution in [0.2, 0.25) is 10.0 Å². The monoisotopic (exact) mass is 677 g/mol. The van der Waals surface area contributed by atoms with Crippen molar-refractivity contribution in [2.45, 2.75) is 30.5 Å². The number of aliphatic hydroxyl groups excluding tert-OH is 1. The van der Waals surface area contributed by atoms with Gasteiger partial charge in [0.1, 0.15) is 11.5 Å². The maximum absolute atomic E-state index is 12.2. The summed E-state index contributed by atoms with van der Waals surface area (Å²) in [6.45, 7) is 2.08. The minimum absolute atomic E-state index is 0.0168. The van der Waals surface area contributed by atoms with E-state index in [1.54, 1.807) is 0 Å². The molecule has 1 saturated heterocycles. The molecule has 0 spiro atoms. The zero-order valence-corrected chi connectivity index (χ0v) is 26.4. The molecule has 0 bridgehead atoms. The molecule has 0 aromatic heterocycles. The van der Waals surface area contributed by atoms with Gasteiger partial charge in [-0.05, 0) is 85.6 Å². The highest BCUT2D eigenvalue weighted by Gasteiger charge is 2.41. The van der Waals surface area contributed by atoms with Gasteiger partial charge in [0, 0.05) is 18.6 Å². The molecule has 4 N–H and O–H groups in total. The van der Waals surface area contributed by atoms with Crippen LogP contribution in [0.4, 0.5) is 0 Å². The van der Waals surface area contributed by atoms with E-state index in [1.807, 2.05) is 18.2 Å². The van der Waals surface area contributed by atoms with E-state index in [-0.39, 0.29) is 23.1 Å². The van der Waals surface area contributed by atoms with Gasteiger partial charge in [0.2, 0.25) is 12.2 Å². The lowest BCUT2D eigenvalue weighted by Gasteiger charge is -2.28. The van der Waals surface area contributed by atoms with Crippen LogP contribution in [0, 0.1) is 0 Å². The summed E-state index contributed by atoms with van der Waals surface area (Å²) in [5.41, 5.74) is 1.09. The lowest BCUT2D eigenvalue weighted by Crippen LogP contribution is -2.45. The Labute approximate surface area is 274 Å². The molecule has 3 aromatic rings. The second-order valence-electron chi connectivity index (χ2n) is 10.1. The number of rotatable bonds is 12. The number of hydrogen-bond donors (Lipinski definition) is 4. The fourth-order valence-corrected chi connectivity index (χ4v) is 4.99. The number of benzene rings is 3. The van der Waals surface area contributed by atoms with Gasteiger partial charge in [-0.25, -0.2) is 19.2 Å². The average molecular weight is 679 g/mol. The molecule has 12 nitrogen and oxygen atoms in total. The number of ether oxygens (including phenoxy) is 4. The summed E-state index contributed by atoms with van der Waals surface area (Å²) in [5.74, 6) is -4.94.